The quantitative estimate of drug-likeness (QED) is 0.511. The van der Waals surface area contributed by atoms with Gasteiger partial charge in [0.1, 0.15) is 5.60 Å². The maximum Gasteiger partial charge on any atom is 0.187 e. The van der Waals surface area contributed by atoms with E-state index in [1.54, 1.807) is 6.08 Å². The summed E-state index contributed by atoms with van der Waals surface area (Å²) in [6, 6.07) is 0. The third-order valence-electron chi connectivity index (χ3n) is 10.5. The summed E-state index contributed by atoms with van der Waals surface area (Å²) in [7, 11) is 0. The molecule has 0 bridgehead atoms. The van der Waals surface area contributed by atoms with Crippen LogP contribution in [0.1, 0.15) is 98.8 Å². The van der Waals surface area contributed by atoms with Crippen molar-refractivity contribution >= 4 is 5.78 Å². The molecule has 0 radical (unpaired) electrons. The Morgan fingerprint density at radius 3 is 2.38 bits per heavy atom. The van der Waals surface area contributed by atoms with E-state index in [9.17, 15) is 25.2 Å². The molecule has 0 saturated heterocycles. The maximum absolute atomic E-state index is 13.3. The molecule has 0 aromatic heterocycles. The van der Waals surface area contributed by atoms with E-state index in [0.29, 0.717) is 31.1 Å². The lowest BCUT2D eigenvalue weighted by Gasteiger charge is -2.62. The highest BCUT2D eigenvalue weighted by Gasteiger charge is 2.69. The van der Waals surface area contributed by atoms with Gasteiger partial charge in [-0.2, -0.15) is 0 Å². The largest absolute Gasteiger partial charge is 0.393 e. The van der Waals surface area contributed by atoms with E-state index in [1.807, 2.05) is 20.8 Å². The van der Waals surface area contributed by atoms with Crippen molar-refractivity contribution in [3.05, 3.63) is 11.6 Å². The van der Waals surface area contributed by atoms with E-state index < -0.39 is 28.3 Å². The Balaban J connectivity index is 1.62. The third kappa shape index (κ3) is 3.37. The predicted molar refractivity (Wildman–Crippen MR) is 124 cm³/mol. The molecule has 3 fully saturated rings. The molecule has 4 rings (SSSR count). The molecule has 4 aliphatic carbocycles. The Bertz CT molecular complexity index is 798. The Morgan fingerprint density at radius 1 is 1.06 bits per heavy atom. The van der Waals surface area contributed by atoms with E-state index >= 15 is 0 Å². The summed E-state index contributed by atoms with van der Waals surface area (Å²) in [5, 5.41) is 43.9. The Kier molecular flexibility index (Phi) is 5.81. The fourth-order valence-corrected chi connectivity index (χ4v) is 8.34. The zero-order chi connectivity index (χ0) is 23.7. The number of rotatable bonds is 5. The molecule has 4 N–H and O–H groups in total. The number of fused-ring (bicyclic) bond motifs is 5. The molecule has 5 heteroatoms. The second kappa shape index (κ2) is 7.63. The van der Waals surface area contributed by atoms with Crippen molar-refractivity contribution in [3.8, 4) is 0 Å². The maximum atomic E-state index is 13.3. The van der Waals surface area contributed by atoms with Crippen LogP contribution in [0.25, 0.3) is 0 Å². The van der Waals surface area contributed by atoms with Gasteiger partial charge in [-0.25, -0.2) is 0 Å². The van der Waals surface area contributed by atoms with E-state index in [0.717, 1.165) is 44.1 Å². The highest BCUT2D eigenvalue weighted by molar-refractivity contribution is 6.00. The number of carbonyl (C=O) groups excluding carboxylic acids is 1. The fourth-order valence-electron chi connectivity index (χ4n) is 8.34. The van der Waals surface area contributed by atoms with Crippen LogP contribution >= 0.6 is 0 Å². The van der Waals surface area contributed by atoms with Crippen LogP contribution in [-0.4, -0.2) is 49.1 Å². The fraction of sp³-hybridized carbons (Fsp3) is 0.889. The lowest BCUT2D eigenvalue weighted by Crippen LogP contribution is -2.66. The van der Waals surface area contributed by atoms with Crippen molar-refractivity contribution in [1.82, 2.24) is 0 Å². The normalized spacial score (nSPS) is 47.3. The molecular formula is C27H44O5. The lowest BCUT2D eigenvalue weighted by atomic mass is 9.44. The van der Waals surface area contributed by atoms with Gasteiger partial charge in [0.25, 0.3) is 0 Å². The summed E-state index contributed by atoms with van der Waals surface area (Å²) in [4.78, 5) is 13.3. The summed E-state index contributed by atoms with van der Waals surface area (Å²) >= 11 is 0. The number of hydrogen-bond acceptors (Lipinski definition) is 5. The second-order valence-electron chi connectivity index (χ2n) is 12.8. The van der Waals surface area contributed by atoms with Crippen LogP contribution in [0.3, 0.4) is 0 Å². The van der Waals surface area contributed by atoms with Gasteiger partial charge in [0.2, 0.25) is 0 Å². The summed E-state index contributed by atoms with van der Waals surface area (Å²) in [5.74, 6) is 0.447. The smallest absolute Gasteiger partial charge is 0.187 e. The SMILES string of the molecule is C[C@@H](CCCC(C)(C)O)[C@H]1CC[C@]2(O)C3=CC(=O)[C@@]4(O)C[C@@H](O)CC[C@]4(C)[C@H]3CC[C@]12C. The van der Waals surface area contributed by atoms with Crippen LogP contribution in [0.15, 0.2) is 11.6 Å². The average molecular weight is 449 g/mol. The van der Waals surface area contributed by atoms with Crippen molar-refractivity contribution < 1.29 is 25.2 Å². The van der Waals surface area contributed by atoms with Gasteiger partial charge in [-0.15, -0.1) is 0 Å². The van der Waals surface area contributed by atoms with Crippen molar-refractivity contribution in [2.45, 2.75) is 122 Å². The topological polar surface area (TPSA) is 98.0 Å². The van der Waals surface area contributed by atoms with Gasteiger partial charge in [-0.05, 0) is 88.2 Å². The zero-order valence-corrected chi connectivity index (χ0v) is 20.7. The highest BCUT2D eigenvalue weighted by Crippen LogP contribution is 2.68. The van der Waals surface area contributed by atoms with Crippen LogP contribution in [0.2, 0.25) is 0 Å². The Morgan fingerprint density at radius 2 is 1.72 bits per heavy atom. The van der Waals surface area contributed by atoms with Crippen LogP contribution in [0.5, 0.6) is 0 Å². The van der Waals surface area contributed by atoms with Crippen LogP contribution in [0.4, 0.5) is 0 Å². The molecule has 0 aromatic rings. The van der Waals surface area contributed by atoms with Crippen molar-refractivity contribution in [1.29, 1.82) is 0 Å². The monoisotopic (exact) mass is 448 g/mol. The van der Waals surface area contributed by atoms with E-state index in [2.05, 4.69) is 13.8 Å². The summed E-state index contributed by atoms with van der Waals surface area (Å²) < 4.78 is 0. The van der Waals surface area contributed by atoms with Crippen molar-refractivity contribution in [2.75, 3.05) is 0 Å². The number of ketones is 1. The molecular weight excluding hydrogens is 404 g/mol. The van der Waals surface area contributed by atoms with Gasteiger partial charge in [-0.3, -0.25) is 4.79 Å². The Labute approximate surface area is 193 Å². The van der Waals surface area contributed by atoms with Crippen molar-refractivity contribution in [2.24, 2.45) is 28.6 Å². The molecule has 0 amide bonds. The van der Waals surface area contributed by atoms with E-state index in [-0.39, 0.29) is 23.5 Å². The minimum Gasteiger partial charge on any atom is -0.393 e. The first kappa shape index (κ1) is 24.4. The standard InChI is InChI=1S/C27H44O5/c1-17(7-6-11-23(2,3)30)19-10-14-26(31)21-15-22(29)27(32)16-18(28)8-12-25(27,5)20(21)9-13-24(19,26)4/h15,17-20,28,30-32H,6-14,16H2,1-5H3/t17-,18-,19+,20-,24+,25+,26-,27-/m0/s1. The average Bonchev–Trinajstić information content (AvgIpc) is 2.95. The summed E-state index contributed by atoms with van der Waals surface area (Å²) in [5.41, 5.74) is -3.27. The Hall–Kier alpha value is -0.750. The van der Waals surface area contributed by atoms with E-state index in [4.69, 9.17) is 0 Å². The molecule has 32 heavy (non-hydrogen) atoms. The van der Waals surface area contributed by atoms with Gasteiger partial charge < -0.3 is 20.4 Å². The molecule has 3 saturated carbocycles. The molecule has 0 spiro atoms. The summed E-state index contributed by atoms with van der Waals surface area (Å²) in [6.07, 6.45) is 8.32. The van der Waals surface area contributed by atoms with Gasteiger partial charge in [0.15, 0.2) is 5.78 Å². The minimum atomic E-state index is -1.54. The zero-order valence-electron chi connectivity index (χ0n) is 20.7. The highest BCUT2D eigenvalue weighted by atomic mass is 16.3. The molecule has 0 aliphatic heterocycles. The molecule has 0 unspecified atom stereocenters. The first-order chi connectivity index (χ1) is 14.7. The molecule has 182 valence electrons. The second-order valence-corrected chi connectivity index (χ2v) is 12.8. The first-order valence-corrected chi connectivity index (χ1v) is 12.8. The molecule has 4 aliphatic rings. The number of aliphatic hydroxyl groups is 4. The number of hydrogen-bond donors (Lipinski definition) is 4. The van der Waals surface area contributed by atoms with E-state index in [1.165, 1.54) is 0 Å². The number of carbonyl (C=O) groups is 1. The third-order valence-corrected chi connectivity index (χ3v) is 10.5. The van der Waals surface area contributed by atoms with Gasteiger partial charge >= 0.3 is 0 Å². The molecule has 5 nitrogen and oxygen atoms in total. The molecule has 8 atom stereocenters. The molecule has 0 heterocycles. The lowest BCUT2D eigenvalue weighted by molar-refractivity contribution is -0.188. The van der Waals surface area contributed by atoms with Gasteiger partial charge in [0, 0.05) is 17.3 Å². The minimum absolute atomic E-state index is 0.0278. The van der Waals surface area contributed by atoms with Gasteiger partial charge in [0.05, 0.1) is 17.3 Å². The van der Waals surface area contributed by atoms with Crippen molar-refractivity contribution in [3.63, 3.8) is 0 Å². The van der Waals surface area contributed by atoms with Crippen LogP contribution < -0.4 is 0 Å². The predicted octanol–water partition coefficient (Wildman–Crippen LogP) is 3.91. The summed E-state index contributed by atoms with van der Waals surface area (Å²) in [6.45, 7) is 10.2. The van der Waals surface area contributed by atoms with Crippen LogP contribution in [0, 0.1) is 28.6 Å². The number of aliphatic hydroxyl groups excluding tert-OH is 1. The van der Waals surface area contributed by atoms with Crippen LogP contribution in [-0.2, 0) is 4.79 Å². The van der Waals surface area contributed by atoms with Gasteiger partial charge in [-0.1, -0.05) is 33.6 Å². The first-order valence-electron chi connectivity index (χ1n) is 12.8. The molecule has 0 aromatic carbocycles.